The molecule has 0 unspecified atom stereocenters. The zero-order valence-corrected chi connectivity index (χ0v) is 10.2. The van der Waals surface area contributed by atoms with Crippen molar-refractivity contribution in [1.82, 2.24) is 19.5 Å². The fourth-order valence-electron chi connectivity index (χ4n) is 2.12. The van der Waals surface area contributed by atoms with Gasteiger partial charge in [0.2, 0.25) is 0 Å². The number of hydrogen-bond donors (Lipinski definition) is 3. The number of nitrogens with zero attached hydrogens (tertiary/aromatic N) is 3. The molecule has 3 heterocycles. The normalized spacial score (nSPS) is 28.0. The van der Waals surface area contributed by atoms with Crippen LogP contribution >= 0.6 is 12.2 Å². The molecule has 1 aliphatic heterocycles. The zero-order valence-electron chi connectivity index (χ0n) is 9.35. The van der Waals surface area contributed by atoms with Crippen molar-refractivity contribution in [3.63, 3.8) is 0 Å². The average Bonchev–Trinajstić information content (AvgIpc) is 2.91. The highest BCUT2D eigenvalue weighted by Crippen LogP contribution is 2.30. The van der Waals surface area contributed by atoms with Crippen molar-refractivity contribution in [2.45, 2.75) is 24.9 Å². The van der Waals surface area contributed by atoms with Gasteiger partial charge in [0.1, 0.15) is 23.5 Å². The summed E-state index contributed by atoms with van der Waals surface area (Å²) in [6.07, 6.45) is 1.99. The smallest absolute Gasteiger partial charge is 0.198 e. The van der Waals surface area contributed by atoms with Crippen LogP contribution in [-0.4, -0.2) is 48.5 Å². The van der Waals surface area contributed by atoms with Gasteiger partial charge in [-0.3, -0.25) is 4.57 Å². The molecule has 7 nitrogen and oxygen atoms in total. The summed E-state index contributed by atoms with van der Waals surface area (Å²) in [5, 5.41) is 18.8. The van der Waals surface area contributed by atoms with Crippen LogP contribution in [0.1, 0.15) is 12.6 Å². The molecule has 2 aromatic rings. The largest absolute Gasteiger partial charge is 0.394 e. The molecule has 1 aliphatic rings. The number of aliphatic hydroxyl groups excluding tert-OH is 2. The second-order valence-corrected chi connectivity index (χ2v) is 4.58. The third-order valence-corrected chi connectivity index (χ3v) is 3.25. The third kappa shape index (κ3) is 1.83. The summed E-state index contributed by atoms with van der Waals surface area (Å²) in [6.45, 7) is -0.206. The Bertz CT molecular complexity index is 625. The molecule has 2 aromatic heterocycles. The average molecular weight is 268 g/mol. The Balaban J connectivity index is 2.00. The molecule has 1 fully saturated rings. The molecule has 8 heteroatoms. The SMILES string of the molecule is OC[C@@H]1O[C@@H](n2cnc3cnc(=S)[nH]c32)C[C@H]1O. The molecule has 0 amide bonds. The van der Waals surface area contributed by atoms with Crippen LogP contribution in [0.25, 0.3) is 11.2 Å². The maximum atomic E-state index is 9.72. The molecule has 0 saturated carbocycles. The Labute approximate surface area is 107 Å². The Kier molecular flexibility index (Phi) is 2.86. The summed E-state index contributed by atoms with van der Waals surface area (Å²) < 4.78 is 7.68. The number of aliphatic hydroxyl groups is 2. The van der Waals surface area contributed by atoms with Crippen molar-refractivity contribution in [1.29, 1.82) is 0 Å². The highest BCUT2D eigenvalue weighted by molar-refractivity contribution is 7.71. The van der Waals surface area contributed by atoms with E-state index in [1.165, 1.54) is 0 Å². The number of H-pyrrole nitrogens is 1. The highest BCUT2D eigenvalue weighted by atomic mass is 32.1. The van der Waals surface area contributed by atoms with Gasteiger partial charge >= 0.3 is 0 Å². The number of rotatable bonds is 2. The molecule has 0 aromatic carbocycles. The van der Waals surface area contributed by atoms with Gasteiger partial charge in [0.25, 0.3) is 0 Å². The quantitative estimate of drug-likeness (QED) is 0.670. The van der Waals surface area contributed by atoms with Gasteiger partial charge < -0.3 is 19.9 Å². The molecule has 18 heavy (non-hydrogen) atoms. The lowest BCUT2D eigenvalue weighted by atomic mass is 10.2. The van der Waals surface area contributed by atoms with Gasteiger partial charge in [-0.2, -0.15) is 0 Å². The molecule has 96 valence electrons. The Morgan fingerprint density at radius 3 is 3.11 bits per heavy atom. The summed E-state index contributed by atoms with van der Waals surface area (Å²) >= 11 is 4.97. The lowest BCUT2D eigenvalue weighted by molar-refractivity contribution is -0.0432. The molecule has 0 radical (unpaired) electrons. The first kappa shape index (κ1) is 11.7. The maximum Gasteiger partial charge on any atom is 0.198 e. The van der Waals surface area contributed by atoms with Crippen LogP contribution in [0.15, 0.2) is 12.5 Å². The van der Waals surface area contributed by atoms with E-state index in [0.29, 0.717) is 22.4 Å². The summed E-state index contributed by atoms with van der Waals surface area (Å²) in [4.78, 5) is 11.1. The summed E-state index contributed by atoms with van der Waals surface area (Å²) in [7, 11) is 0. The van der Waals surface area contributed by atoms with Crippen molar-refractivity contribution < 1.29 is 14.9 Å². The van der Waals surface area contributed by atoms with Gasteiger partial charge in [-0.15, -0.1) is 0 Å². The lowest BCUT2D eigenvalue weighted by Gasteiger charge is -2.13. The Hall–Kier alpha value is -1.35. The molecule has 3 atom stereocenters. The predicted molar refractivity (Wildman–Crippen MR) is 64.3 cm³/mol. The molecule has 0 aliphatic carbocycles. The minimum Gasteiger partial charge on any atom is -0.394 e. The number of ether oxygens (including phenoxy) is 1. The minimum atomic E-state index is -0.678. The predicted octanol–water partition coefficient (Wildman–Crippen LogP) is 0.130. The van der Waals surface area contributed by atoms with Crippen molar-refractivity contribution >= 4 is 23.4 Å². The first-order valence-electron chi connectivity index (χ1n) is 5.55. The third-order valence-electron chi connectivity index (χ3n) is 3.05. The molecular formula is C10H12N4O3S. The molecule has 3 rings (SSSR count). The van der Waals surface area contributed by atoms with Crippen LogP contribution < -0.4 is 0 Å². The van der Waals surface area contributed by atoms with Gasteiger partial charge in [-0.05, 0) is 12.2 Å². The fraction of sp³-hybridized carbons (Fsp3) is 0.500. The fourth-order valence-corrected chi connectivity index (χ4v) is 2.27. The number of aromatic amines is 1. The monoisotopic (exact) mass is 268 g/mol. The van der Waals surface area contributed by atoms with E-state index in [9.17, 15) is 5.11 Å². The second-order valence-electron chi connectivity index (χ2n) is 4.19. The summed E-state index contributed by atoms with van der Waals surface area (Å²) in [5.74, 6) is 0. The summed E-state index contributed by atoms with van der Waals surface area (Å²) in [6, 6.07) is 0. The number of imidazole rings is 1. The molecule has 0 bridgehead atoms. The topological polar surface area (TPSA) is 96.2 Å². The van der Waals surface area contributed by atoms with E-state index in [2.05, 4.69) is 15.0 Å². The van der Waals surface area contributed by atoms with Crippen molar-refractivity contribution in [3.05, 3.63) is 17.3 Å². The van der Waals surface area contributed by atoms with E-state index in [0.717, 1.165) is 0 Å². The number of nitrogens with one attached hydrogen (secondary N) is 1. The van der Waals surface area contributed by atoms with Gasteiger partial charge in [0, 0.05) is 6.42 Å². The van der Waals surface area contributed by atoms with Crippen LogP contribution in [0.4, 0.5) is 0 Å². The van der Waals surface area contributed by atoms with E-state index < -0.39 is 12.2 Å². The van der Waals surface area contributed by atoms with E-state index in [-0.39, 0.29) is 12.8 Å². The molecule has 0 spiro atoms. The van der Waals surface area contributed by atoms with Crippen LogP contribution in [-0.2, 0) is 4.74 Å². The van der Waals surface area contributed by atoms with Crippen molar-refractivity contribution in [2.24, 2.45) is 0 Å². The molecule has 3 N–H and O–H groups in total. The van der Waals surface area contributed by atoms with Gasteiger partial charge in [-0.1, -0.05) is 0 Å². The Morgan fingerprint density at radius 1 is 1.56 bits per heavy atom. The van der Waals surface area contributed by atoms with Crippen molar-refractivity contribution in [2.75, 3.05) is 6.61 Å². The summed E-state index contributed by atoms with van der Waals surface area (Å²) in [5.41, 5.74) is 1.37. The van der Waals surface area contributed by atoms with Gasteiger partial charge in [0.15, 0.2) is 4.77 Å². The first-order valence-corrected chi connectivity index (χ1v) is 5.96. The van der Waals surface area contributed by atoms with Gasteiger partial charge in [-0.25, -0.2) is 9.97 Å². The minimum absolute atomic E-state index is 0.206. The van der Waals surface area contributed by atoms with E-state index in [1.54, 1.807) is 17.1 Å². The van der Waals surface area contributed by atoms with Crippen LogP contribution in [0.3, 0.4) is 0 Å². The molecule has 1 saturated heterocycles. The van der Waals surface area contributed by atoms with Crippen molar-refractivity contribution in [3.8, 4) is 0 Å². The maximum absolute atomic E-state index is 9.72. The zero-order chi connectivity index (χ0) is 12.7. The number of fused-ring (bicyclic) bond motifs is 1. The number of aromatic nitrogens is 4. The second kappa shape index (κ2) is 4.39. The molecular weight excluding hydrogens is 256 g/mol. The first-order chi connectivity index (χ1) is 8.69. The van der Waals surface area contributed by atoms with Gasteiger partial charge in [0.05, 0.1) is 25.2 Å². The lowest BCUT2D eigenvalue weighted by Crippen LogP contribution is -2.24. The van der Waals surface area contributed by atoms with Crippen LogP contribution in [0.5, 0.6) is 0 Å². The highest BCUT2D eigenvalue weighted by Gasteiger charge is 2.35. The van der Waals surface area contributed by atoms with E-state index in [4.69, 9.17) is 22.1 Å². The van der Waals surface area contributed by atoms with Crippen LogP contribution in [0, 0.1) is 4.77 Å². The van der Waals surface area contributed by atoms with E-state index >= 15 is 0 Å². The standard InChI is InChI=1S/C10H12N4O3S/c15-3-7-6(16)1-8(17-7)14-4-12-5-2-11-10(18)13-9(5)14/h2,4,6-8,15-16H,1,3H2,(H,11,13,18)/t6-,7+,8-/m1/s1. The number of hydrogen-bond acceptors (Lipinski definition) is 6. The van der Waals surface area contributed by atoms with Crippen LogP contribution in [0.2, 0.25) is 0 Å². The van der Waals surface area contributed by atoms with E-state index in [1.807, 2.05) is 0 Å². The Morgan fingerprint density at radius 2 is 2.39 bits per heavy atom.